The van der Waals surface area contributed by atoms with E-state index in [1.807, 2.05) is 0 Å². The summed E-state index contributed by atoms with van der Waals surface area (Å²) in [6.45, 7) is 6.34. The molecule has 6 nitrogen and oxygen atoms in total. The van der Waals surface area contributed by atoms with E-state index in [0.29, 0.717) is 19.3 Å². The molecule has 0 aromatic carbocycles. The van der Waals surface area contributed by atoms with Crippen LogP contribution in [0.25, 0.3) is 0 Å². The van der Waals surface area contributed by atoms with Crippen molar-refractivity contribution in [2.75, 3.05) is 13.2 Å². The van der Waals surface area contributed by atoms with Crippen LogP contribution < -0.4 is 0 Å². The summed E-state index contributed by atoms with van der Waals surface area (Å²) in [5.74, 6) is -0.943. The van der Waals surface area contributed by atoms with E-state index < -0.39 is 6.10 Å². The van der Waals surface area contributed by atoms with E-state index in [4.69, 9.17) is 14.2 Å². The van der Waals surface area contributed by atoms with Gasteiger partial charge in [-0.25, -0.2) is 0 Å². The van der Waals surface area contributed by atoms with Crippen LogP contribution in [-0.2, 0) is 28.6 Å². The first-order chi connectivity index (χ1) is 37.0. The van der Waals surface area contributed by atoms with Crippen LogP contribution >= 0.6 is 0 Å². The Morgan fingerprint density at radius 3 is 0.840 bits per heavy atom. The Labute approximate surface area is 462 Å². The molecule has 0 aliphatic heterocycles. The summed E-state index contributed by atoms with van der Waals surface area (Å²) < 4.78 is 16.8. The molecule has 75 heavy (non-hydrogen) atoms. The molecule has 0 saturated heterocycles. The van der Waals surface area contributed by atoms with Crippen molar-refractivity contribution in [1.29, 1.82) is 0 Å². The Morgan fingerprint density at radius 1 is 0.280 bits per heavy atom. The smallest absolute Gasteiger partial charge is 0.306 e. The van der Waals surface area contributed by atoms with Gasteiger partial charge in [-0.05, 0) is 109 Å². The Hall–Kier alpha value is -4.19. The predicted octanol–water partition coefficient (Wildman–Crippen LogP) is 21.2. The lowest BCUT2D eigenvalue weighted by molar-refractivity contribution is -0.167. The van der Waals surface area contributed by atoms with Crippen LogP contribution in [0.2, 0.25) is 0 Å². The van der Waals surface area contributed by atoms with Gasteiger partial charge in [-0.1, -0.05) is 271 Å². The number of allylic oxidation sites excluding steroid dienone is 20. The molecule has 0 heterocycles. The van der Waals surface area contributed by atoms with Crippen molar-refractivity contribution in [3.63, 3.8) is 0 Å². The summed E-state index contributed by atoms with van der Waals surface area (Å²) >= 11 is 0. The number of hydrogen-bond acceptors (Lipinski definition) is 6. The Balaban J connectivity index is 4.18. The van der Waals surface area contributed by atoms with Gasteiger partial charge >= 0.3 is 17.9 Å². The van der Waals surface area contributed by atoms with Crippen LogP contribution in [-0.4, -0.2) is 37.2 Å². The second-order valence-electron chi connectivity index (χ2n) is 20.2. The van der Waals surface area contributed by atoms with Crippen molar-refractivity contribution in [3.05, 3.63) is 122 Å². The highest BCUT2D eigenvalue weighted by atomic mass is 16.6. The summed E-state index contributed by atoms with van der Waals surface area (Å²) in [7, 11) is 0. The number of esters is 3. The van der Waals surface area contributed by atoms with Crippen LogP contribution in [0.4, 0.5) is 0 Å². The quantitative estimate of drug-likeness (QED) is 0.0261. The van der Waals surface area contributed by atoms with E-state index in [2.05, 4.69) is 142 Å². The van der Waals surface area contributed by atoms with Gasteiger partial charge in [0, 0.05) is 19.3 Å². The first-order valence-corrected chi connectivity index (χ1v) is 31.0. The van der Waals surface area contributed by atoms with E-state index in [1.165, 1.54) is 116 Å². The lowest BCUT2D eigenvalue weighted by Gasteiger charge is -2.18. The van der Waals surface area contributed by atoms with Crippen LogP contribution in [0, 0.1) is 0 Å². The van der Waals surface area contributed by atoms with E-state index >= 15 is 0 Å². The van der Waals surface area contributed by atoms with Gasteiger partial charge in [-0.2, -0.15) is 0 Å². The topological polar surface area (TPSA) is 78.9 Å². The highest BCUT2D eigenvalue weighted by Crippen LogP contribution is 2.16. The van der Waals surface area contributed by atoms with Gasteiger partial charge in [-0.15, -0.1) is 0 Å². The van der Waals surface area contributed by atoms with Crippen LogP contribution in [0.5, 0.6) is 0 Å². The molecular formula is C69H114O6. The molecule has 0 bridgehead atoms. The normalized spacial score (nSPS) is 12.9. The Kier molecular flexibility index (Phi) is 58.9. The van der Waals surface area contributed by atoms with Gasteiger partial charge in [0.25, 0.3) is 0 Å². The number of hydrogen-bond donors (Lipinski definition) is 0. The minimum atomic E-state index is -0.800. The molecule has 0 aromatic rings. The summed E-state index contributed by atoms with van der Waals surface area (Å²) in [6.07, 6.45) is 86.6. The highest BCUT2D eigenvalue weighted by molar-refractivity contribution is 5.71. The van der Waals surface area contributed by atoms with Crippen molar-refractivity contribution in [3.8, 4) is 0 Å². The van der Waals surface area contributed by atoms with Crippen molar-refractivity contribution >= 4 is 17.9 Å². The first kappa shape index (κ1) is 70.8. The van der Waals surface area contributed by atoms with Gasteiger partial charge in [0.1, 0.15) is 13.2 Å². The molecule has 0 radical (unpaired) electrons. The summed E-state index contributed by atoms with van der Waals surface area (Å²) in [5.41, 5.74) is 0. The largest absolute Gasteiger partial charge is 0.462 e. The lowest BCUT2D eigenvalue weighted by atomic mass is 10.0. The van der Waals surface area contributed by atoms with Crippen LogP contribution in [0.15, 0.2) is 122 Å². The van der Waals surface area contributed by atoms with Gasteiger partial charge in [0.05, 0.1) is 0 Å². The van der Waals surface area contributed by atoms with Gasteiger partial charge in [0.15, 0.2) is 6.10 Å². The second kappa shape index (κ2) is 62.4. The molecule has 0 aliphatic rings. The second-order valence-corrected chi connectivity index (χ2v) is 20.2. The molecule has 1 unspecified atom stereocenters. The third-order valence-electron chi connectivity index (χ3n) is 13.0. The molecule has 6 heteroatoms. The number of rotatable bonds is 55. The minimum absolute atomic E-state index is 0.0957. The van der Waals surface area contributed by atoms with Gasteiger partial charge in [-0.3, -0.25) is 14.4 Å². The third-order valence-corrected chi connectivity index (χ3v) is 13.0. The highest BCUT2D eigenvalue weighted by Gasteiger charge is 2.19. The fourth-order valence-electron chi connectivity index (χ4n) is 8.38. The van der Waals surface area contributed by atoms with E-state index in [0.717, 1.165) is 116 Å². The average molecular weight is 1040 g/mol. The van der Waals surface area contributed by atoms with E-state index in [-0.39, 0.29) is 37.5 Å². The van der Waals surface area contributed by atoms with Crippen LogP contribution in [0.3, 0.4) is 0 Å². The van der Waals surface area contributed by atoms with Crippen molar-refractivity contribution in [2.45, 2.75) is 284 Å². The molecule has 1 atom stereocenters. The molecule has 426 valence electrons. The molecule has 0 aromatic heterocycles. The van der Waals surface area contributed by atoms with Gasteiger partial charge < -0.3 is 14.2 Å². The minimum Gasteiger partial charge on any atom is -0.462 e. The molecule has 0 aliphatic carbocycles. The lowest BCUT2D eigenvalue weighted by Crippen LogP contribution is -2.30. The number of ether oxygens (including phenoxy) is 3. The number of unbranched alkanes of at least 4 members (excludes halogenated alkanes) is 24. The molecular weight excluding hydrogens is 925 g/mol. The standard InChI is InChI=1S/C69H114O6/c1-4-7-10-13-16-18-20-22-24-26-28-30-31-32-33-34-35-36-37-39-40-42-44-46-48-50-53-56-59-62-68(71)74-65-66(64-73-67(70)61-58-55-52-15-12-9-6-3)75-69(72)63-60-57-54-51-49-47-45-43-41-38-29-27-25-23-21-19-17-14-11-8-5-2/h7-8,10-11,16-19,22-25,28-30,38,43,45,49,51,66H,4-6,9,12-15,20-21,26-27,31-37,39-42,44,46-48,50,52-65H2,1-3H3/b10-7-,11-8-,18-16-,19-17-,24-22-,25-23-,30-28-,38-29-,45-43-,51-49-. The predicted molar refractivity (Wildman–Crippen MR) is 325 cm³/mol. The Morgan fingerprint density at radius 2 is 0.520 bits per heavy atom. The van der Waals surface area contributed by atoms with Crippen molar-refractivity contribution in [2.24, 2.45) is 0 Å². The van der Waals surface area contributed by atoms with E-state index in [1.54, 1.807) is 0 Å². The fourth-order valence-corrected chi connectivity index (χ4v) is 8.38. The molecule has 0 fully saturated rings. The monoisotopic (exact) mass is 1040 g/mol. The zero-order chi connectivity index (χ0) is 54.3. The third kappa shape index (κ3) is 60.6. The SMILES string of the molecule is CC/C=C\C/C=C\C/C=C\C/C=C\C/C=C\C/C=C\CCCCC(=O)OC(COC(=O)CCCCCCCCC)COC(=O)CCCCCCCCCCCCCCCCCC/C=C\C/C=C\C/C=C\C/C=C\CC. The summed E-state index contributed by atoms with van der Waals surface area (Å²) in [6, 6.07) is 0. The Bertz CT molecular complexity index is 1570. The zero-order valence-electron chi connectivity index (χ0n) is 48.8. The van der Waals surface area contributed by atoms with Gasteiger partial charge in [0.2, 0.25) is 0 Å². The number of carbonyl (C=O) groups is 3. The maximum Gasteiger partial charge on any atom is 0.306 e. The maximum absolute atomic E-state index is 12.8. The molecule has 0 spiro atoms. The molecule has 0 saturated carbocycles. The van der Waals surface area contributed by atoms with Crippen LogP contribution in [0.1, 0.15) is 278 Å². The fraction of sp³-hybridized carbons (Fsp3) is 0.667. The molecule has 0 N–H and O–H groups in total. The average Bonchev–Trinajstić information content (AvgIpc) is 3.41. The van der Waals surface area contributed by atoms with E-state index in [9.17, 15) is 14.4 Å². The maximum atomic E-state index is 12.8. The first-order valence-electron chi connectivity index (χ1n) is 31.0. The summed E-state index contributed by atoms with van der Waals surface area (Å²) in [4.78, 5) is 38.0. The van der Waals surface area contributed by atoms with Crippen molar-refractivity contribution in [1.82, 2.24) is 0 Å². The molecule has 0 rings (SSSR count). The zero-order valence-corrected chi connectivity index (χ0v) is 48.8. The van der Waals surface area contributed by atoms with Crippen molar-refractivity contribution < 1.29 is 28.6 Å². The molecule has 0 amide bonds. The summed E-state index contributed by atoms with van der Waals surface area (Å²) in [5, 5.41) is 0. The number of carbonyl (C=O) groups excluding carboxylic acids is 3.